The van der Waals surface area contributed by atoms with Crippen LogP contribution in [0, 0.1) is 0 Å². The maximum absolute atomic E-state index is 11.8. The van der Waals surface area contributed by atoms with Gasteiger partial charge in [-0.3, -0.25) is 14.6 Å². The van der Waals surface area contributed by atoms with Gasteiger partial charge in [0.2, 0.25) is 5.91 Å². The van der Waals surface area contributed by atoms with Crippen molar-refractivity contribution in [1.29, 1.82) is 0 Å². The molecule has 0 spiro atoms. The molecule has 1 atom stereocenters. The summed E-state index contributed by atoms with van der Waals surface area (Å²) in [6.07, 6.45) is 1.49. The van der Waals surface area contributed by atoms with Crippen LogP contribution in [0.2, 0.25) is 0 Å². The Balaban J connectivity index is 2.74. The fraction of sp³-hybridized carbons (Fsp3) is 0.385. The molecular weight excluding hydrogens is 294 g/mol. The molecule has 1 aromatic heterocycles. The molecule has 1 aromatic rings. The quantitative estimate of drug-likeness (QED) is 0.741. The first kappa shape index (κ1) is 17.0. The summed E-state index contributed by atoms with van der Waals surface area (Å²) in [6, 6.07) is 2.30. The molecule has 21 heavy (non-hydrogen) atoms. The Morgan fingerprint density at radius 3 is 2.62 bits per heavy atom. The molecule has 7 nitrogen and oxygen atoms in total. The van der Waals surface area contributed by atoms with E-state index in [0.717, 1.165) is 0 Å². The number of amides is 2. The van der Waals surface area contributed by atoms with Gasteiger partial charge in [-0.05, 0) is 12.1 Å². The zero-order chi connectivity index (χ0) is 16.0. The topological polar surface area (TPSA) is 99.6 Å². The number of hydrogen-bond acceptors (Lipinski definition) is 5. The van der Waals surface area contributed by atoms with Crippen molar-refractivity contribution in [3.63, 3.8) is 0 Å². The van der Waals surface area contributed by atoms with Gasteiger partial charge in [0.15, 0.2) is 0 Å². The minimum Gasteiger partial charge on any atom is -0.480 e. The van der Waals surface area contributed by atoms with Gasteiger partial charge >= 0.3 is 5.97 Å². The van der Waals surface area contributed by atoms with E-state index in [4.69, 9.17) is 5.11 Å². The van der Waals surface area contributed by atoms with Crippen molar-refractivity contribution in [1.82, 2.24) is 15.2 Å². The molecule has 0 fully saturated rings. The average Bonchev–Trinajstić information content (AvgIpc) is 2.42. The standard InChI is InChI=1S/C13H17N3O4S/c1-8(17)15-11(13(19)20)7-21-9-4-5-14-10(6-9)12(18)16(2)3/h4-6,11H,7H2,1-3H3,(H,15,17)(H,19,20). The van der Waals surface area contributed by atoms with E-state index in [1.54, 1.807) is 26.2 Å². The number of carbonyl (C=O) groups excluding carboxylic acids is 2. The number of carbonyl (C=O) groups is 3. The van der Waals surface area contributed by atoms with Gasteiger partial charge in [-0.25, -0.2) is 4.79 Å². The Bertz CT molecular complexity index is 548. The fourth-order valence-electron chi connectivity index (χ4n) is 1.45. The second kappa shape index (κ2) is 7.63. The first-order valence-electron chi connectivity index (χ1n) is 6.11. The van der Waals surface area contributed by atoms with E-state index < -0.39 is 17.9 Å². The average molecular weight is 311 g/mol. The normalized spacial score (nSPS) is 11.6. The van der Waals surface area contributed by atoms with Crippen molar-refractivity contribution >= 4 is 29.5 Å². The van der Waals surface area contributed by atoms with Crippen LogP contribution in [-0.2, 0) is 9.59 Å². The third-order valence-electron chi connectivity index (χ3n) is 2.45. The molecule has 0 radical (unpaired) electrons. The van der Waals surface area contributed by atoms with Gasteiger partial charge in [-0.1, -0.05) is 0 Å². The first-order chi connectivity index (χ1) is 9.81. The number of aliphatic carboxylic acids is 1. The third kappa shape index (κ3) is 5.42. The smallest absolute Gasteiger partial charge is 0.327 e. The van der Waals surface area contributed by atoms with Crippen LogP contribution >= 0.6 is 11.8 Å². The van der Waals surface area contributed by atoms with E-state index in [0.29, 0.717) is 4.90 Å². The molecule has 0 aliphatic carbocycles. The van der Waals surface area contributed by atoms with Crippen molar-refractivity contribution < 1.29 is 19.5 Å². The summed E-state index contributed by atoms with van der Waals surface area (Å²) in [4.78, 5) is 39.9. The summed E-state index contributed by atoms with van der Waals surface area (Å²) in [7, 11) is 3.25. The van der Waals surface area contributed by atoms with Gasteiger partial charge in [0, 0.05) is 37.9 Å². The zero-order valence-corrected chi connectivity index (χ0v) is 12.8. The minimum atomic E-state index is -1.10. The Labute approximate surface area is 126 Å². The third-order valence-corrected chi connectivity index (χ3v) is 3.54. The van der Waals surface area contributed by atoms with E-state index >= 15 is 0 Å². The second-order valence-electron chi connectivity index (χ2n) is 4.48. The van der Waals surface area contributed by atoms with E-state index in [2.05, 4.69) is 10.3 Å². The van der Waals surface area contributed by atoms with Crippen LogP contribution in [0.25, 0.3) is 0 Å². The summed E-state index contributed by atoms with van der Waals surface area (Å²) >= 11 is 1.24. The summed E-state index contributed by atoms with van der Waals surface area (Å²) in [5.41, 5.74) is 0.288. The number of carboxylic acid groups (broad SMARTS) is 1. The maximum Gasteiger partial charge on any atom is 0.327 e. The number of nitrogens with zero attached hydrogens (tertiary/aromatic N) is 2. The summed E-state index contributed by atoms with van der Waals surface area (Å²) < 4.78 is 0. The first-order valence-corrected chi connectivity index (χ1v) is 7.10. The minimum absolute atomic E-state index is 0.161. The van der Waals surface area contributed by atoms with Gasteiger partial charge < -0.3 is 15.3 Å². The molecule has 1 unspecified atom stereocenters. The Kier molecular flexibility index (Phi) is 6.16. The molecule has 0 aliphatic rings. The molecule has 114 valence electrons. The molecule has 8 heteroatoms. The molecule has 2 N–H and O–H groups in total. The van der Waals surface area contributed by atoms with Crippen LogP contribution in [0.4, 0.5) is 0 Å². The Morgan fingerprint density at radius 1 is 1.43 bits per heavy atom. The van der Waals surface area contributed by atoms with E-state index in [9.17, 15) is 14.4 Å². The molecule has 0 saturated carbocycles. The van der Waals surface area contributed by atoms with Gasteiger partial charge in [-0.2, -0.15) is 0 Å². The number of carboxylic acids is 1. The number of rotatable bonds is 6. The molecule has 2 amide bonds. The highest BCUT2D eigenvalue weighted by atomic mass is 32.2. The second-order valence-corrected chi connectivity index (χ2v) is 5.57. The van der Waals surface area contributed by atoms with Crippen LogP contribution in [0.1, 0.15) is 17.4 Å². The lowest BCUT2D eigenvalue weighted by Gasteiger charge is -2.13. The predicted molar refractivity (Wildman–Crippen MR) is 78.2 cm³/mol. The summed E-state index contributed by atoms with van der Waals surface area (Å²) in [5.74, 6) is -1.57. The lowest BCUT2D eigenvalue weighted by molar-refractivity contribution is -0.140. The lowest BCUT2D eigenvalue weighted by Crippen LogP contribution is -2.41. The molecule has 1 rings (SSSR count). The van der Waals surface area contributed by atoms with Crippen molar-refractivity contribution in [3.8, 4) is 0 Å². The molecule has 0 saturated heterocycles. The lowest BCUT2D eigenvalue weighted by atomic mass is 10.3. The van der Waals surface area contributed by atoms with E-state index in [1.807, 2.05) is 0 Å². The fourth-order valence-corrected chi connectivity index (χ4v) is 2.38. The van der Waals surface area contributed by atoms with Crippen molar-refractivity contribution in [2.45, 2.75) is 17.9 Å². The summed E-state index contributed by atoms with van der Waals surface area (Å²) in [6.45, 7) is 1.26. The number of nitrogens with one attached hydrogen (secondary N) is 1. The maximum atomic E-state index is 11.8. The van der Waals surface area contributed by atoms with E-state index in [-0.39, 0.29) is 17.4 Å². The van der Waals surface area contributed by atoms with Crippen molar-refractivity contribution in [3.05, 3.63) is 24.0 Å². The van der Waals surface area contributed by atoms with Crippen LogP contribution in [0.3, 0.4) is 0 Å². The van der Waals surface area contributed by atoms with Crippen LogP contribution in [-0.4, -0.2) is 58.7 Å². The SMILES string of the molecule is CC(=O)NC(CSc1ccnc(C(=O)N(C)C)c1)C(=O)O. The van der Waals surface area contributed by atoms with Crippen LogP contribution in [0.15, 0.2) is 23.2 Å². The van der Waals surface area contributed by atoms with Crippen molar-refractivity contribution in [2.24, 2.45) is 0 Å². The number of pyridine rings is 1. The molecule has 0 aromatic carbocycles. The van der Waals surface area contributed by atoms with Crippen LogP contribution < -0.4 is 5.32 Å². The van der Waals surface area contributed by atoms with Gasteiger partial charge in [-0.15, -0.1) is 11.8 Å². The Morgan fingerprint density at radius 2 is 2.10 bits per heavy atom. The van der Waals surface area contributed by atoms with E-state index in [1.165, 1.54) is 29.8 Å². The highest BCUT2D eigenvalue weighted by Crippen LogP contribution is 2.19. The monoisotopic (exact) mass is 311 g/mol. The number of aromatic nitrogens is 1. The van der Waals surface area contributed by atoms with Crippen molar-refractivity contribution in [2.75, 3.05) is 19.8 Å². The predicted octanol–water partition coefficient (Wildman–Crippen LogP) is 0.465. The zero-order valence-electron chi connectivity index (χ0n) is 12.0. The molecule has 1 heterocycles. The molecular formula is C13H17N3O4S. The molecule has 0 bridgehead atoms. The highest BCUT2D eigenvalue weighted by Gasteiger charge is 2.19. The van der Waals surface area contributed by atoms with Gasteiger partial charge in [0.25, 0.3) is 5.91 Å². The van der Waals surface area contributed by atoms with Gasteiger partial charge in [0.05, 0.1) is 0 Å². The number of hydrogen-bond donors (Lipinski definition) is 2. The summed E-state index contributed by atoms with van der Waals surface area (Å²) in [5, 5.41) is 11.4. The molecule has 0 aliphatic heterocycles. The van der Waals surface area contributed by atoms with Crippen LogP contribution in [0.5, 0.6) is 0 Å². The van der Waals surface area contributed by atoms with Gasteiger partial charge in [0.1, 0.15) is 11.7 Å². The largest absolute Gasteiger partial charge is 0.480 e. The Hall–Kier alpha value is -2.09. The number of thioether (sulfide) groups is 1. The highest BCUT2D eigenvalue weighted by molar-refractivity contribution is 7.99.